The Morgan fingerprint density at radius 2 is 1.39 bits per heavy atom. The minimum atomic E-state index is 0.310. The maximum absolute atomic E-state index is 12.3. The van der Waals surface area contributed by atoms with Crippen LogP contribution in [-0.2, 0) is 4.79 Å². The zero-order chi connectivity index (χ0) is 13.4. The van der Waals surface area contributed by atoms with Crippen LogP contribution in [-0.4, -0.2) is 38.0 Å². The molecule has 0 bridgehead atoms. The predicted octanol–water partition coefficient (Wildman–Crippen LogP) is 3.79. The van der Waals surface area contributed by atoms with Gasteiger partial charge in [-0.1, -0.05) is 44.9 Å². The summed E-state index contributed by atoms with van der Waals surface area (Å²) in [5.74, 6) is 0.841. The summed E-state index contributed by atoms with van der Waals surface area (Å²) in [7, 11) is 6.59. The first-order valence-electron chi connectivity index (χ1n) is 7.82. The molecule has 1 atom stereocenters. The van der Waals surface area contributed by atoms with Crippen LogP contribution in [0.5, 0.6) is 0 Å². The van der Waals surface area contributed by atoms with Crippen LogP contribution in [0.4, 0.5) is 0 Å². The van der Waals surface area contributed by atoms with Gasteiger partial charge in [-0.25, -0.2) is 0 Å². The summed E-state index contributed by atoms with van der Waals surface area (Å²) in [5.41, 5.74) is 0. The Hall–Kier alpha value is -0.370. The minimum Gasteiger partial charge on any atom is -0.330 e. The summed E-state index contributed by atoms with van der Waals surface area (Å²) in [5, 5.41) is 0. The summed E-state index contributed by atoms with van der Waals surface area (Å²) in [6.07, 6.45) is 12.3. The zero-order valence-electron chi connectivity index (χ0n) is 12.7. The summed E-state index contributed by atoms with van der Waals surface area (Å²) >= 11 is 0. The second-order valence-corrected chi connectivity index (χ2v) is 7.00. The standard InChI is InChI=1S/C16H32NO/c1-17(2,3)14-15-12-10-8-6-4-5-7-9-11-13-16(15)18/h15H,4-14H2,1-3H3/q+1. The highest BCUT2D eigenvalue weighted by molar-refractivity contribution is 5.81. The molecule has 1 rings (SSSR count). The second kappa shape index (κ2) is 7.93. The van der Waals surface area contributed by atoms with E-state index in [0.717, 1.165) is 30.3 Å². The van der Waals surface area contributed by atoms with E-state index in [2.05, 4.69) is 21.1 Å². The highest BCUT2D eigenvalue weighted by Crippen LogP contribution is 2.20. The quantitative estimate of drug-likeness (QED) is 0.685. The fraction of sp³-hybridized carbons (Fsp3) is 0.938. The number of quaternary nitrogens is 1. The van der Waals surface area contributed by atoms with Crippen molar-refractivity contribution in [1.29, 1.82) is 0 Å². The van der Waals surface area contributed by atoms with Gasteiger partial charge in [0.05, 0.1) is 33.6 Å². The molecular weight excluding hydrogens is 222 g/mol. The van der Waals surface area contributed by atoms with Gasteiger partial charge in [0, 0.05) is 6.42 Å². The van der Waals surface area contributed by atoms with Crippen LogP contribution in [0, 0.1) is 5.92 Å². The van der Waals surface area contributed by atoms with Gasteiger partial charge in [0.25, 0.3) is 0 Å². The monoisotopic (exact) mass is 254 g/mol. The smallest absolute Gasteiger partial charge is 0.141 e. The molecule has 0 radical (unpaired) electrons. The lowest BCUT2D eigenvalue weighted by molar-refractivity contribution is -0.872. The lowest BCUT2D eigenvalue weighted by atomic mass is 9.91. The number of ketones is 1. The summed E-state index contributed by atoms with van der Waals surface area (Å²) < 4.78 is 0.913. The number of Topliss-reactive ketones (excluding diaryl/α,β-unsaturated/α-hetero) is 1. The van der Waals surface area contributed by atoms with Crippen molar-refractivity contribution in [3.63, 3.8) is 0 Å². The Kier molecular flexibility index (Phi) is 6.91. The molecule has 0 N–H and O–H groups in total. The summed E-state index contributed by atoms with van der Waals surface area (Å²) in [6.45, 7) is 1.01. The van der Waals surface area contributed by atoms with E-state index in [1.165, 1.54) is 44.9 Å². The highest BCUT2D eigenvalue weighted by Gasteiger charge is 2.24. The van der Waals surface area contributed by atoms with Crippen LogP contribution in [0.3, 0.4) is 0 Å². The van der Waals surface area contributed by atoms with Gasteiger partial charge in [0.15, 0.2) is 0 Å². The molecule has 1 fully saturated rings. The Morgan fingerprint density at radius 3 is 1.94 bits per heavy atom. The molecule has 18 heavy (non-hydrogen) atoms. The normalized spacial score (nSPS) is 25.3. The lowest BCUT2D eigenvalue weighted by Crippen LogP contribution is -2.41. The van der Waals surface area contributed by atoms with Crippen molar-refractivity contribution in [1.82, 2.24) is 0 Å². The van der Waals surface area contributed by atoms with Gasteiger partial charge in [-0.2, -0.15) is 0 Å². The molecule has 0 amide bonds. The molecule has 106 valence electrons. The van der Waals surface area contributed by atoms with E-state index in [1.807, 2.05) is 0 Å². The van der Waals surface area contributed by atoms with Crippen LogP contribution in [0.15, 0.2) is 0 Å². The van der Waals surface area contributed by atoms with Crippen molar-refractivity contribution in [3.8, 4) is 0 Å². The van der Waals surface area contributed by atoms with E-state index in [-0.39, 0.29) is 0 Å². The number of carbonyl (C=O) groups is 1. The van der Waals surface area contributed by atoms with Crippen LogP contribution in [0.2, 0.25) is 0 Å². The van der Waals surface area contributed by atoms with Crippen molar-refractivity contribution in [3.05, 3.63) is 0 Å². The summed E-state index contributed by atoms with van der Waals surface area (Å²) in [4.78, 5) is 12.3. The molecule has 0 aromatic rings. The van der Waals surface area contributed by atoms with E-state index in [1.54, 1.807) is 0 Å². The van der Waals surface area contributed by atoms with Crippen molar-refractivity contribution >= 4 is 5.78 Å². The molecule has 0 aromatic heterocycles. The number of hydrogen-bond donors (Lipinski definition) is 0. The fourth-order valence-corrected chi connectivity index (χ4v) is 2.97. The Morgan fingerprint density at radius 1 is 0.889 bits per heavy atom. The van der Waals surface area contributed by atoms with E-state index in [4.69, 9.17) is 0 Å². The topological polar surface area (TPSA) is 17.1 Å². The van der Waals surface area contributed by atoms with Gasteiger partial charge in [-0.05, 0) is 12.8 Å². The fourth-order valence-electron chi connectivity index (χ4n) is 2.97. The Bertz CT molecular complexity index is 242. The molecule has 1 aliphatic carbocycles. The van der Waals surface area contributed by atoms with Crippen LogP contribution < -0.4 is 0 Å². The molecule has 0 heterocycles. The lowest BCUT2D eigenvalue weighted by Gasteiger charge is -2.29. The molecule has 0 saturated heterocycles. The van der Waals surface area contributed by atoms with Crippen LogP contribution in [0.1, 0.15) is 64.2 Å². The molecule has 1 saturated carbocycles. The maximum atomic E-state index is 12.3. The number of hydrogen-bond acceptors (Lipinski definition) is 1. The largest absolute Gasteiger partial charge is 0.330 e. The predicted molar refractivity (Wildman–Crippen MR) is 77.6 cm³/mol. The Balaban J connectivity index is 2.49. The van der Waals surface area contributed by atoms with Gasteiger partial charge >= 0.3 is 0 Å². The second-order valence-electron chi connectivity index (χ2n) is 7.00. The first-order valence-corrected chi connectivity index (χ1v) is 7.82. The van der Waals surface area contributed by atoms with E-state index in [9.17, 15) is 4.79 Å². The zero-order valence-corrected chi connectivity index (χ0v) is 12.7. The van der Waals surface area contributed by atoms with Gasteiger partial charge in [0.1, 0.15) is 5.78 Å². The van der Waals surface area contributed by atoms with Gasteiger partial charge in [-0.3, -0.25) is 4.79 Å². The maximum Gasteiger partial charge on any atom is 0.141 e. The van der Waals surface area contributed by atoms with Gasteiger partial charge in [-0.15, -0.1) is 0 Å². The van der Waals surface area contributed by atoms with E-state index < -0.39 is 0 Å². The van der Waals surface area contributed by atoms with Crippen LogP contribution in [0.25, 0.3) is 0 Å². The molecule has 2 nitrogen and oxygen atoms in total. The number of nitrogens with zero attached hydrogens (tertiary/aromatic N) is 1. The van der Waals surface area contributed by atoms with Crippen molar-refractivity contribution in [2.24, 2.45) is 5.92 Å². The average Bonchev–Trinajstić information content (AvgIpc) is 2.26. The highest BCUT2D eigenvalue weighted by atomic mass is 16.1. The van der Waals surface area contributed by atoms with Crippen LogP contribution >= 0.6 is 0 Å². The SMILES string of the molecule is C[N+](C)(C)CC1CCCCCCCCCCC1=O. The molecule has 0 aliphatic heterocycles. The van der Waals surface area contributed by atoms with Crippen molar-refractivity contribution in [2.75, 3.05) is 27.7 Å². The minimum absolute atomic E-state index is 0.310. The number of carbonyl (C=O) groups excluding carboxylic acids is 1. The van der Waals surface area contributed by atoms with E-state index >= 15 is 0 Å². The molecular formula is C16H32NO+. The van der Waals surface area contributed by atoms with Gasteiger partial charge < -0.3 is 4.48 Å². The third kappa shape index (κ3) is 7.15. The van der Waals surface area contributed by atoms with Crippen molar-refractivity contribution < 1.29 is 9.28 Å². The first-order chi connectivity index (χ1) is 8.49. The summed E-state index contributed by atoms with van der Waals surface area (Å²) in [6, 6.07) is 0. The Labute approximate surface area is 113 Å². The molecule has 0 aromatic carbocycles. The molecule has 2 heteroatoms. The third-order valence-corrected chi connectivity index (χ3v) is 3.95. The molecule has 1 aliphatic rings. The molecule has 0 spiro atoms. The average molecular weight is 254 g/mol. The van der Waals surface area contributed by atoms with Crippen molar-refractivity contribution in [2.45, 2.75) is 64.2 Å². The van der Waals surface area contributed by atoms with Gasteiger partial charge in [0.2, 0.25) is 0 Å². The molecule has 1 unspecified atom stereocenters. The first kappa shape index (κ1) is 15.7. The third-order valence-electron chi connectivity index (χ3n) is 3.95. The number of rotatable bonds is 2. The van der Waals surface area contributed by atoms with E-state index in [0.29, 0.717) is 11.7 Å².